The van der Waals surface area contributed by atoms with Crippen LogP contribution in [0.5, 0.6) is 0 Å². The van der Waals surface area contributed by atoms with E-state index in [1.807, 2.05) is 0 Å². The van der Waals surface area contributed by atoms with Crippen molar-refractivity contribution in [2.45, 2.75) is 6.61 Å². The lowest BCUT2D eigenvalue weighted by Gasteiger charge is -1.99. The van der Waals surface area contributed by atoms with Crippen molar-refractivity contribution in [3.8, 4) is 11.5 Å². The van der Waals surface area contributed by atoms with Gasteiger partial charge in [-0.3, -0.25) is 4.40 Å². The number of halogens is 1. The van der Waals surface area contributed by atoms with E-state index in [9.17, 15) is 9.50 Å². The number of aliphatic hydroxyl groups excluding tert-OH is 1. The average Bonchev–Trinajstić information content (AvgIpc) is 3.28. The van der Waals surface area contributed by atoms with Crippen LogP contribution in [0, 0.1) is 5.82 Å². The number of pyridine rings is 1. The van der Waals surface area contributed by atoms with Crippen LogP contribution in [0.15, 0.2) is 75.6 Å². The van der Waals surface area contributed by atoms with Crippen molar-refractivity contribution in [1.29, 1.82) is 0 Å². The molecule has 6 nitrogen and oxygen atoms in total. The van der Waals surface area contributed by atoms with E-state index in [-0.39, 0.29) is 12.3 Å². The monoisotopic (exact) mass is 336 g/mol. The second-order valence-electron chi connectivity index (χ2n) is 5.33. The summed E-state index contributed by atoms with van der Waals surface area (Å²) in [5.74, 6) is 0.483. The van der Waals surface area contributed by atoms with Gasteiger partial charge in [0.05, 0.1) is 12.9 Å². The average molecular weight is 336 g/mol. The van der Waals surface area contributed by atoms with Crippen molar-refractivity contribution >= 4 is 17.2 Å². The van der Waals surface area contributed by atoms with E-state index in [1.54, 1.807) is 53.1 Å². The Morgan fingerprint density at radius 1 is 1.12 bits per heavy atom. The quantitative estimate of drug-likeness (QED) is 0.552. The first kappa shape index (κ1) is 15.2. The van der Waals surface area contributed by atoms with Crippen LogP contribution < -0.4 is 0 Å². The second-order valence-corrected chi connectivity index (χ2v) is 5.33. The number of fused-ring (bicyclic) bond motifs is 1. The van der Waals surface area contributed by atoms with Gasteiger partial charge in [0.15, 0.2) is 23.1 Å². The van der Waals surface area contributed by atoms with E-state index in [0.717, 1.165) is 5.56 Å². The second kappa shape index (κ2) is 6.29. The molecule has 0 fully saturated rings. The Hall–Kier alpha value is -3.32. The fourth-order valence-electron chi connectivity index (χ4n) is 2.48. The molecule has 0 aliphatic rings. The lowest BCUT2D eigenvalue weighted by Crippen LogP contribution is -1.88. The molecule has 3 aromatic heterocycles. The Morgan fingerprint density at radius 2 is 2.00 bits per heavy atom. The number of benzene rings is 1. The molecule has 3 heterocycles. The van der Waals surface area contributed by atoms with Gasteiger partial charge in [0.25, 0.3) is 0 Å². The molecule has 0 spiro atoms. The summed E-state index contributed by atoms with van der Waals surface area (Å²) < 4.78 is 20.9. The molecule has 0 saturated carbocycles. The minimum atomic E-state index is -0.456. The lowest BCUT2D eigenvalue weighted by molar-refractivity contribution is 0.282. The van der Waals surface area contributed by atoms with Crippen LogP contribution >= 0.6 is 0 Å². The van der Waals surface area contributed by atoms with Crippen molar-refractivity contribution in [2.75, 3.05) is 0 Å². The van der Waals surface area contributed by atoms with Gasteiger partial charge in [-0.2, -0.15) is 0 Å². The largest absolute Gasteiger partial charge is 0.463 e. The standard InChI is InChI=1S/C18H13FN4O2/c19-13-4-1-2-5-14(13)21-22-18-17(15-6-3-9-25-15)20-16-10-12(11-24)7-8-23(16)18/h1-10,24H,11H2. The van der Waals surface area contributed by atoms with E-state index in [2.05, 4.69) is 15.2 Å². The number of rotatable bonds is 4. The summed E-state index contributed by atoms with van der Waals surface area (Å²) >= 11 is 0. The molecule has 25 heavy (non-hydrogen) atoms. The van der Waals surface area contributed by atoms with Crippen LogP contribution in [-0.2, 0) is 6.61 Å². The Balaban J connectivity index is 1.88. The zero-order valence-electron chi connectivity index (χ0n) is 13.0. The summed E-state index contributed by atoms with van der Waals surface area (Å²) in [6.45, 7) is -0.0917. The molecule has 0 unspecified atom stereocenters. The maximum absolute atomic E-state index is 13.8. The molecule has 4 aromatic rings. The highest BCUT2D eigenvalue weighted by atomic mass is 19.1. The SMILES string of the molecule is OCc1ccn2c(N=Nc3ccccc3F)c(-c3ccco3)nc2c1. The van der Waals surface area contributed by atoms with Crippen LogP contribution in [0.1, 0.15) is 5.56 Å². The van der Waals surface area contributed by atoms with E-state index in [4.69, 9.17) is 4.42 Å². The van der Waals surface area contributed by atoms with Crippen molar-refractivity contribution in [3.05, 3.63) is 72.4 Å². The summed E-state index contributed by atoms with van der Waals surface area (Å²) in [5, 5.41) is 17.5. The Labute approximate surface area is 141 Å². The third-order valence-electron chi connectivity index (χ3n) is 3.71. The fourth-order valence-corrected chi connectivity index (χ4v) is 2.48. The van der Waals surface area contributed by atoms with Gasteiger partial charge in [-0.25, -0.2) is 9.37 Å². The molecular weight excluding hydrogens is 323 g/mol. The third kappa shape index (κ3) is 2.81. The van der Waals surface area contributed by atoms with Gasteiger partial charge in [0.1, 0.15) is 11.3 Å². The Morgan fingerprint density at radius 3 is 2.76 bits per heavy atom. The maximum Gasteiger partial charge on any atom is 0.190 e. The highest BCUT2D eigenvalue weighted by molar-refractivity contribution is 5.71. The summed E-state index contributed by atoms with van der Waals surface area (Å²) in [6.07, 6.45) is 3.27. The number of furan rings is 1. The maximum atomic E-state index is 13.8. The minimum absolute atomic E-state index is 0.0917. The summed E-state index contributed by atoms with van der Waals surface area (Å²) in [7, 11) is 0. The lowest BCUT2D eigenvalue weighted by atomic mass is 10.3. The predicted octanol–water partition coefficient (Wildman–Crippen LogP) is 4.64. The van der Waals surface area contributed by atoms with E-state index in [0.29, 0.717) is 22.9 Å². The van der Waals surface area contributed by atoms with Gasteiger partial charge in [-0.05, 0) is 42.0 Å². The van der Waals surface area contributed by atoms with Crippen LogP contribution in [-0.4, -0.2) is 14.5 Å². The van der Waals surface area contributed by atoms with Crippen LogP contribution in [0.2, 0.25) is 0 Å². The molecule has 0 radical (unpaired) electrons. The molecule has 0 atom stereocenters. The normalized spacial score (nSPS) is 11.6. The van der Waals surface area contributed by atoms with Gasteiger partial charge >= 0.3 is 0 Å². The van der Waals surface area contributed by atoms with Gasteiger partial charge in [-0.1, -0.05) is 12.1 Å². The summed E-state index contributed by atoms with van der Waals surface area (Å²) in [4.78, 5) is 4.51. The topological polar surface area (TPSA) is 75.4 Å². The number of nitrogens with zero attached hydrogens (tertiary/aromatic N) is 4. The van der Waals surface area contributed by atoms with Gasteiger partial charge in [0, 0.05) is 6.20 Å². The van der Waals surface area contributed by atoms with Gasteiger partial charge < -0.3 is 9.52 Å². The van der Waals surface area contributed by atoms with Crippen molar-refractivity contribution < 1.29 is 13.9 Å². The van der Waals surface area contributed by atoms with Crippen molar-refractivity contribution in [3.63, 3.8) is 0 Å². The number of imidazole rings is 1. The molecular formula is C18H13FN4O2. The van der Waals surface area contributed by atoms with E-state index in [1.165, 1.54) is 12.3 Å². The first-order valence-corrected chi connectivity index (χ1v) is 7.58. The zero-order valence-corrected chi connectivity index (χ0v) is 13.0. The zero-order chi connectivity index (χ0) is 17.2. The molecule has 0 aliphatic heterocycles. The van der Waals surface area contributed by atoms with Crippen molar-refractivity contribution in [2.24, 2.45) is 10.2 Å². The highest BCUT2D eigenvalue weighted by Gasteiger charge is 2.16. The smallest absolute Gasteiger partial charge is 0.190 e. The molecule has 1 N–H and O–H groups in total. The minimum Gasteiger partial charge on any atom is -0.463 e. The van der Waals surface area contributed by atoms with Crippen LogP contribution in [0.25, 0.3) is 17.1 Å². The van der Waals surface area contributed by atoms with E-state index >= 15 is 0 Å². The first-order valence-electron chi connectivity index (χ1n) is 7.58. The number of hydrogen-bond donors (Lipinski definition) is 1. The number of hydrogen-bond acceptors (Lipinski definition) is 5. The Bertz CT molecular complexity index is 1050. The fraction of sp³-hybridized carbons (Fsp3) is 0.0556. The molecule has 0 amide bonds. The molecule has 0 aliphatic carbocycles. The van der Waals surface area contributed by atoms with Crippen molar-refractivity contribution in [1.82, 2.24) is 9.38 Å². The third-order valence-corrected chi connectivity index (χ3v) is 3.71. The molecule has 0 saturated heterocycles. The summed E-state index contributed by atoms with van der Waals surface area (Å²) in [5.41, 5.74) is 1.93. The number of azo groups is 1. The molecule has 7 heteroatoms. The Kier molecular flexibility index (Phi) is 3.83. The molecule has 124 valence electrons. The molecule has 0 bridgehead atoms. The van der Waals surface area contributed by atoms with Gasteiger partial charge in [0.2, 0.25) is 0 Å². The van der Waals surface area contributed by atoms with Crippen LogP contribution in [0.3, 0.4) is 0 Å². The predicted molar refractivity (Wildman–Crippen MR) is 89.4 cm³/mol. The van der Waals surface area contributed by atoms with Crippen LogP contribution in [0.4, 0.5) is 15.9 Å². The molecule has 4 rings (SSSR count). The highest BCUT2D eigenvalue weighted by Crippen LogP contribution is 2.33. The van der Waals surface area contributed by atoms with Gasteiger partial charge in [-0.15, -0.1) is 10.2 Å². The summed E-state index contributed by atoms with van der Waals surface area (Å²) in [6, 6.07) is 13.1. The molecule has 1 aromatic carbocycles. The number of aliphatic hydroxyl groups is 1. The number of aromatic nitrogens is 2. The van der Waals surface area contributed by atoms with E-state index < -0.39 is 5.82 Å². The first-order chi connectivity index (χ1) is 12.3.